The van der Waals surface area contributed by atoms with Crippen LogP contribution in [0, 0.1) is 0 Å². The summed E-state index contributed by atoms with van der Waals surface area (Å²) in [4.78, 5) is 25.7. The molecule has 0 atom stereocenters. The Kier molecular flexibility index (Phi) is 5.81. The van der Waals surface area contributed by atoms with Crippen molar-refractivity contribution in [3.05, 3.63) is 52.5 Å². The zero-order chi connectivity index (χ0) is 17.7. The average Bonchev–Trinajstić information content (AvgIpc) is 2.56. The minimum absolute atomic E-state index is 0.126. The van der Waals surface area contributed by atoms with Crippen molar-refractivity contribution in [2.75, 3.05) is 26.0 Å². The van der Waals surface area contributed by atoms with Gasteiger partial charge in [-0.25, -0.2) is 0 Å². The molecule has 6 nitrogen and oxygen atoms in total. The van der Waals surface area contributed by atoms with E-state index in [0.29, 0.717) is 15.9 Å². The van der Waals surface area contributed by atoms with E-state index in [4.69, 9.17) is 4.74 Å². The number of hydrogen-bond donors (Lipinski definition) is 2. The molecule has 0 spiro atoms. The highest BCUT2D eigenvalue weighted by molar-refractivity contribution is 9.10. The number of likely N-dealkylation sites (N-methyl/N-ethyl adjacent to an activating group) is 1. The van der Waals surface area contributed by atoms with Crippen molar-refractivity contribution < 1.29 is 19.4 Å². The van der Waals surface area contributed by atoms with Gasteiger partial charge in [-0.2, -0.15) is 0 Å². The third-order valence-electron chi connectivity index (χ3n) is 3.27. The fourth-order valence-corrected chi connectivity index (χ4v) is 2.43. The zero-order valence-electron chi connectivity index (χ0n) is 13.2. The van der Waals surface area contributed by atoms with E-state index >= 15 is 0 Å². The number of aromatic hydroxyl groups is 1. The van der Waals surface area contributed by atoms with Crippen LogP contribution in [0.1, 0.15) is 10.4 Å². The van der Waals surface area contributed by atoms with Gasteiger partial charge in [0.2, 0.25) is 5.91 Å². The highest BCUT2D eigenvalue weighted by Gasteiger charge is 2.18. The molecule has 2 aromatic rings. The van der Waals surface area contributed by atoms with Crippen LogP contribution in [0.15, 0.2) is 46.9 Å². The van der Waals surface area contributed by atoms with Crippen LogP contribution in [0.5, 0.6) is 11.5 Å². The molecule has 0 bridgehead atoms. The lowest BCUT2D eigenvalue weighted by Crippen LogP contribution is -2.35. The number of ether oxygens (including phenoxy) is 1. The number of nitrogens with zero attached hydrogens (tertiary/aromatic N) is 1. The van der Waals surface area contributed by atoms with Crippen LogP contribution in [-0.2, 0) is 4.79 Å². The van der Waals surface area contributed by atoms with E-state index in [0.717, 1.165) is 0 Å². The summed E-state index contributed by atoms with van der Waals surface area (Å²) in [5.41, 5.74) is 0.701. The minimum atomic E-state index is -0.449. The molecule has 2 aromatic carbocycles. The van der Waals surface area contributed by atoms with Gasteiger partial charge >= 0.3 is 0 Å². The lowest BCUT2D eigenvalue weighted by molar-refractivity contribution is -0.116. The van der Waals surface area contributed by atoms with Crippen molar-refractivity contribution >= 4 is 33.4 Å². The van der Waals surface area contributed by atoms with E-state index in [1.54, 1.807) is 30.3 Å². The molecule has 0 aliphatic carbocycles. The molecule has 0 radical (unpaired) electrons. The summed E-state index contributed by atoms with van der Waals surface area (Å²) in [5, 5.41) is 12.5. The molecule has 7 heteroatoms. The number of rotatable bonds is 5. The number of carbonyl (C=O) groups excluding carboxylic acids is 2. The van der Waals surface area contributed by atoms with E-state index in [9.17, 15) is 14.7 Å². The van der Waals surface area contributed by atoms with Crippen LogP contribution in [-0.4, -0.2) is 42.5 Å². The monoisotopic (exact) mass is 392 g/mol. The predicted octanol–water partition coefficient (Wildman–Crippen LogP) is 2.87. The van der Waals surface area contributed by atoms with Crippen molar-refractivity contribution in [3.63, 3.8) is 0 Å². The van der Waals surface area contributed by atoms with Crippen molar-refractivity contribution in [1.29, 1.82) is 0 Å². The van der Waals surface area contributed by atoms with Crippen molar-refractivity contribution in [2.24, 2.45) is 0 Å². The number of phenolic OH excluding ortho intramolecular Hbond substituents is 1. The first kappa shape index (κ1) is 17.8. The SMILES string of the molecule is COc1cccc(NC(=O)CN(C)C(=O)c2cc(Br)ccc2O)c1. The normalized spacial score (nSPS) is 10.1. The molecule has 0 aliphatic heterocycles. The van der Waals surface area contributed by atoms with Gasteiger partial charge < -0.3 is 20.1 Å². The molecule has 2 amide bonds. The van der Waals surface area contributed by atoms with Gasteiger partial charge in [0, 0.05) is 23.3 Å². The maximum atomic E-state index is 12.4. The number of anilines is 1. The summed E-state index contributed by atoms with van der Waals surface area (Å²) >= 11 is 3.25. The second-order valence-electron chi connectivity index (χ2n) is 5.10. The molecule has 126 valence electrons. The summed E-state index contributed by atoms with van der Waals surface area (Å²) < 4.78 is 5.75. The number of halogens is 1. The van der Waals surface area contributed by atoms with Gasteiger partial charge in [0.1, 0.15) is 11.5 Å². The summed E-state index contributed by atoms with van der Waals surface area (Å²) in [5.74, 6) is -0.317. The number of hydrogen-bond acceptors (Lipinski definition) is 4. The maximum Gasteiger partial charge on any atom is 0.257 e. The topological polar surface area (TPSA) is 78.9 Å². The fraction of sp³-hybridized carbons (Fsp3) is 0.176. The van der Waals surface area contributed by atoms with E-state index in [1.807, 2.05) is 0 Å². The van der Waals surface area contributed by atoms with Gasteiger partial charge in [0.25, 0.3) is 5.91 Å². The molecule has 0 saturated heterocycles. The van der Waals surface area contributed by atoms with Gasteiger partial charge in [-0.05, 0) is 30.3 Å². The summed E-state index contributed by atoms with van der Waals surface area (Å²) in [6, 6.07) is 11.5. The summed E-state index contributed by atoms with van der Waals surface area (Å²) in [6.07, 6.45) is 0. The zero-order valence-corrected chi connectivity index (χ0v) is 14.8. The number of carbonyl (C=O) groups is 2. The Hall–Kier alpha value is -2.54. The van der Waals surface area contributed by atoms with Crippen LogP contribution in [0.25, 0.3) is 0 Å². The summed E-state index contributed by atoms with van der Waals surface area (Å²) in [7, 11) is 3.03. The number of methoxy groups -OCH3 is 1. The van der Waals surface area contributed by atoms with Crippen LogP contribution < -0.4 is 10.1 Å². The summed E-state index contributed by atoms with van der Waals surface area (Å²) in [6.45, 7) is -0.151. The first-order valence-corrected chi connectivity index (χ1v) is 7.88. The molecule has 2 rings (SSSR count). The van der Waals surface area contributed by atoms with Crippen LogP contribution in [0.2, 0.25) is 0 Å². The molecule has 0 aromatic heterocycles. The standard InChI is InChI=1S/C17H17BrN2O4/c1-20(17(23)14-8-11(18)6-7-15(14)21)10-16(22)19-12-4-3-5-13(9-12)24-2/h3-9,21H,10H2,1-2H3,(H,19,22). The Morgan fingerprint density at radius 1 is 1.25 bits per heavy atom. The Balaban J connectivity index is 2.02. The highest BCUT2D eigenvalue weighted by Crippen LogP contribution is 2.23. The molecular weight excluding hydrogens is 376 g/mol. The average molecular weight is 393 g/mol. The van der Waals surface area contributed by atoms with Gasteiger partial charge in [-0.1, -0.05) is 22.0 Å². The Bertz CT molecular complexity index is 764. The Morgan fingerprint density at radius 2 is 2.00 bits per heavy atom. The first-order chi connectivity index (χ1) is 11.4. The van der Waals surface area contributed by atoms with Crippen LogP contribution in [0.3, 0.4) is 0 Å². The number of phenols is 1. The Morgan fingerprint density at radius 3 is 2.71 bits per heavy atom. The van der Waals surface area contributed by atoms with Gasteiger partial charge in [-0.15, -0.1) is 0 Å². The lowest BCUT2D eigenvalue weighted by atomic mass is 10.2. The second kappa shape index (κ2) is 7.83. The van der Waals surface area contributed by atoms with Crippen LogP contribution in [0.4, 0.5) is 5.69 Å². The van der Waals surface area contributed by atoms with Crippen molar-refractivity contribution in [3.8, 4) is 11.5 Å². The molecule has 24 heavy (non-hydrogen) atoms. The molecular formula is C17H17BrN2O4. The molecule has 0 unspecified atom stereocenters. The molecule has 0 saturated carbocycles. The first-order valence-electron chi connectivity index (χ1n) is 7.08. The number of benzene rings is 2. The van der Waals surface area contributed by atoms with E-state index < -0.39 is 5.91 Å². The van der Waals surface area contributed by atoms with Crippen molar-refractivity contribution in [1.82, 2.24) is 4.90 Å². The molecule has 0 fully saturated rings. The fourth-order valence-electron chi connectivity index (χ4n) is 2.07. The minimum Gasteiger partial charge on any atom is -0.507 e. The number of nitrogens with one attached hydrogen (secondary N) is 1. The molecule has 0 heterocycles. The Labute approximate surface area is 148 Å². The molecule has 0 aliphatic rings. The van der Waals surface area contributed by atoms with Gasteiger partial charge in [-0.3, -0.25) is 9.59 Å². The van der Waals surface area contributed by atoms with E-state index in [1.165, 1.54) is 31.2 Å². The van der Waals surface area contributed by atoms with Gasteiger partial charge in [0.05, 0.1) is 19.2 Å². The van der Waals surface area contributed by atoms with Crippen LogP contribution >= 0.6 is 15.9 Å². The largest absolute Gasteiger partial charge is 0.507 e. The van der Waals surface area contributed by atoms with E-state index in [2.05, 4.69) is 21.2 Å². The quantitative estimate of drug-likeness (QED) is 0.819. The lowest BCUT2D eigenvalue weighted by Gasteiger charge is -2.17. The second-order valence-corrected chi connectivity index (χ2v) is 6.02. The van der Waals surface area contributed by atoms with Crippen molar-refractivity contribution in [2.45, 2.75) is 0 Å². The third kappa shape index (κ3) is 4.48. The highest BCUT2D eigenvalue weighted by atomic mass is 79.9. The third-order valence-corrected chi connectivity index (χ3v) is 3.76. The van der Waals surface area contributed by atoms with Gasteiger partial charge in [0.15, 0.2) is 0 Å². The van der Waals surface area contributed by atoms with E-state index in [-0.39, 0.29) is 23.8 Å². The molecule has 2 N–H and O–H groups in total. The number of amides is 2. The maximum absolute atomic E-state index is 12.4. The predicted molar refractivity (Wildman–Crippen MR) is 94.4 cm³/mol. The smallest absolute Gasteiger partial charge is 0.257 e.